The highest BCUT2D eigenvalue weighted by molar-refractivity contribution is 5.68. The van der Waals surface area contributed by atoms with Gasteiger partial charge in [-0.25, -0.2) is 0 Å². The van der Waals surface area contributed by atoms with Crippen molar-refractivity contribution >= 4 is 11.6 Å². The lowest BCUT2D eigenvalue weighted by molar-refractivity contribution is -0.384. The van der Waals surface area contributed by atoms with Crippen LogP contribution < -0.4 is 5.32 Å². The molecule has 1 aliphatic heterocycles. The molecule has 0 amide bonds. The molecule has 1 saturated heterocycles. The Balaban J connectivity index is 1.87. The molecule has 0 saturated carbocycles. The highest BCUT2D eigenvalue weighted by atomic mass is 16.6. The molecule has 1 fully saturated rings. The molecule has 0 radical (unpaired) electrons. The molecule has 118 valence electrons. The van der Waals surface area contributed by atoms with E-state index in [0.717, 1.165) is 19.4 Å². The molecule has 0 bridgehead atoms. The Morgan fingerprint density at radius 2 is 2.30 bits per heavy atom. The smallest absolute Gasteiger partial charge is 0.282 e. The summed E-state index contributed by atoms with van der Waals surface area (Å²) in [5.74, 6) is 0.250. The van der Waals surface area contributed by atoms with Gasteiger partial charge in [0.2, 0.25) is 17.5 Å². The maximum absolute atomic E-state index is 11.1. The highest BCUT2D eigenvalue weighted by Gasteiger charge is 2.23. The zero-order chi connectivity index (χ0) is 16.2. The van der Waals surface area contributed by atoms with Crippen LogP contribution >= 0.6 is 0 Å². The van der Waals surface area contributed by atoms with Gasteiger partial charge in [0.25, 0.3) is 5.69 Å². The van der Waals surface area contributed by atoms with Crippen molar-refractivity contribution in [1.29, 1.82) is 5.26 Å². The number of nitrogens with one attached hydrogen (secondary N) is 1. The monoisotopic (exact) mass is 314 g/mol. The number of oxazole rings is 1. The number of hydrogen-bond donors (Lipinski definition) is 1. The molecular weight excluding hydrogens is 300 g/mol. The average Bonchev–Trinajstić information content (AvgIpc) is 3.22. The van der Waals surface area contributed by atoms with Crippen LogP contribution in [-0.2, 0) is 4.74 Å². The van der Waals surface area contributed by atoms with Gasteiger partial charge in [0.05, 0.1) is 11.0 Å². The van der Waals surface area contributed by atoms with E-state index in [4.69, 9.17) is 9.15 Å². The number of anilines is 1. The van der Waals surface area contributed by atoms with E-state index in [2.05, 4.69) is 10.3 Å². The summed E-state index contributed by atoms with van der Waals surface area (Å²) < 4.78 is 11.0. The summed E-state index contributed by atoms with van der Waals surface area (Å²) in [6.07, 6.45) is 2.02. The highest BCUT2D eigenvalue weighted by Crippen LogP contribution is 2.32. The molecule has 1 aliphatic rings. The Labute approximate surface area is 131 Å². The van der Waals surface area contributed by atoms with Crippen molar-refractivity contribution in [2.45, 2.75) is 18.9 Å². The number of para-hydroxylation sites is 1. The van der Waals surface area contributed by atoms with Gasteiger partial charge in [-0.2, -0.15) is 10.2 Å². The first-order valence-electron chi connectivity index (χ1n) is 7.19. The molecule has 1 aromatic carbocycles. The molecule has 2 heterocycles. The zero-order valence-corrected chi connectivity index (χ0v) is 12.2. The summed E-state index contributed by atoms with van der Waals surface area (Å²) >= 11 is 0. The molecule has 1 aromatic heterocycles. The van der Waals surface area contributed by atoms with Crippen molar-refractivity contribution < 1.29 is 14.1 Å². The first kappa shape index (κ1) is 15.0. The third-order valence-electron chi connectivity index (χ3n) is 3.58. The maximum atomic E-state index is 11.1. The fourth-order valence-corrected chi connectivity index (χ4v) is 2.46. The van der Waals surface area contributed by atoms with Gasteiger partial charge in [-0.15, -0.1) is 0 Å². The molecule has 23 heavy (non-hydrogen) atoms. The first-order valence-corrected chi connectivity index (χ1v) is 7.19. The van der Waals surface area contributed by atoms with Gasteiger partial charge in [0.1, 0.15) is 11.6 Å². The van der Waals surface area contributed by atoms with Crippen LogP contribution in [0.2, 0.25) is 0 Å². The topological polar surface area (TPSA) is 114 Å². The Morgan fingerprint density at radius 3 is 3.00 bits per heavy atom. The molecule has 1 unspecified atom stereocenters. The summed E-state index contributed by atoms with van der Waals surface area (Å²) in [4.78, 5) is 14.6. The lowest BCUT2D eigenvalue weighted by atomic mass is 10.2. The number of nitro benzene ring substituents is 1. The number of nitriles is 1. The molecule has 8 nitrogen and oxygen atoms in total. The third-order valence-corrected chi connectivity index (χ3v) is 3.58. The zero-order valence-electron chi connectivity index (χ0n) is 12.2. The molecule has 2 aromatic rings. The number of rotatable bonds is 5. The fraction of sp³-hybridized carbons (Fsp3) is 0.333. The van der Waals surface area contributed by atoms with Crippen molar-refractivity contribution in [2.24, 2.45) is 0 Å². The molecule has 0 aliphatic carbocycles. The van der Waals surface area contributed by atoms with Crippen LogP contribution in [0.4, 0.5) is 11.6 Å². The van der Waals surface area contributed by atoms with Crippen molar-refractivity contribution in [3.8, 4) is 17.5 Å². The first-order chi connectivity index (χ1) is 11.2. The van der Waals surface area contributed by atoms with Crippen LogP contribution in [0, 0.1) is 21.4 Å². The van der Waals surface area contributed by atoms with E-state index in [0.29, 0.717) is 6.54 Å². The van der Waals surface area contributed by atoms with E-state index in [1.807, 2.05) is 6.07 Å². The predicted octanol–water partition coefficient (Wildman–Crippen LogP) is 2.71. The van der Waals surface area contributed by atoms with E-state index in [9.17, 15) is 15.4 Å². The van der Waals surface area contributed by atoms with E-state index < -0.39 is 4.92 Å². The number of aromatic nitrogens is 1. The Morgan fingerprint density at radius 1 is 1.48 bits per heavy atom. The predicted molar refractivity (Wildman–Crippen MR) is 80.8 cm³/mol. The Kier molecular flexibility index (Phi) is 4.21. The Bertz CT molecular complexity index is 759. The van der Waals surface area contributed by atoms with Crippen LogP contribution in [0.1, 0.15) is 18.5 Å². The van der Waals surface area contributed by atoms with Gasteiger partial charge in [-0.1, -0.05) is 12.1 Å². The minimum atomic E-state index is -0.509. The lowest BCUT2D eigenvalue weighted by Crippen LogP contribution is -2.18. The van der Waals surface area contributed by atoms with Crippen molar-refractivity contribution in [3.05, 3.63) is 40.1 Å². The number of nitrogens with zero attached hydrogens (tertiary/aromatic N) is 3. The van der Waals surface area contributed by atoms with Gasteiger partial charge in [0, 0.05) is 19.2 Å². The number of ether oxygens (including phenoxy) is 1. The second kappa shape index (κ2) is 6.46. The maximum Gasteiger partial charge on any atom is 0.282 e. The van der Waals surface area contributed by atoms with E-state index in [1.54, 1.807) is 12.1 Å². The lowest BCUT2D eigenvalue weighted by Gasteiger charge is -2.09. The van der Waals surface area contributed by atoms with E-state index >= 15 is 0 Å². The quantitative estimate of drug-likeness (QED) is 0.666. The fourth-order valence-electron chi connectivity index (χ4n) is 2.46. The molecular formula is C15H14N4O4. The van der Waals surface area contributed by atoms with Crippen LogP contribution in [0.3, 0.4) is 0 Å². The average molecular weight is 314 g/mol. The molecule has 1 N–H and O–H groups in total. The number of hydrogen-bond acceptors (Lipinski definition) is 7. The molecule has 3 rings (SSSR count). The summed E-state index contributed by atoms with van der Waals surface area (Å²) in [6.45, 7) is 1.23. The minimum absolute atomic E-state index is 0.0451. The van der Waals surface area contributed by atoms with Crippen LogP contribution in [0.5, 0.6) is 0 Å². The number of benzene rings is 1. The van der Waals surface area contributed by atoms with Crippen molar-refractivity contribution in [2.75, 3.05) is 18.5 Å². The van der Waals surface area contributed by atoms with Crippen LogP contribution in [0.25, 0.3) is 11.5 Å². The van der Waals surface area contributed by atoms with E-state index in [-0.39, 0.29) is 34.8 Å². The summed E-state index contributed by atoms with van der Waals surface area (Å²) in [6, 6.07) is 8.05. The second-order valence-electron chi connectivity index (χ2n) is 5.10. The van der Waals surface area contributed by atoms with Gasteiger partial charge >= 0.3 is 0 Å². The van der Waals surface area contributed by atoms with Gasteiger partial charge in [-0.05, 0) is 18.9 Å². The second-order valence-corrected chi connectivity index (χ2v) is 5.10. The van der Waals surface area contributed by atoms with Crippen molar-refractivity contribution in [3.63, 3.8) is 0 Å². The molecule has 1 atom stereocenters. The molecule has 8 heteroatoms. The minimum Gasteiger partial charge on any atom is -0.419 e. The van der Waals surface area contributed by atoms with E-state index in [1.165, 1.54) is 12.1 Å². The van der Waals surface area contributed by atoms with Gasteiger partial charge in [-0.3, -0.25) is 10.1 Å². The normalized spacial score (nSPS) is 16.9. The number of nitro groups is 1. The summed E-state index contributed by atoms with van der Waals surface area (Å²) in [5.41, 5.74) is 0.180. The summed E-state index contributed by atoms with van der Waals surface area (Å²) in [5, 5.41) is 23.3. The SMILES string of the molecule is N#Cc1nc(-c2ccccc2[N+](=O)[O-])oc1NCC1CCCO1. The Hall–Kier alpha value is -2.92. The third kappa shape index (κ3) is 3.14. The van der Waals surface area contributed by atoms with Crippen LogP contribution in [-0.4, -0.2) is 29.2 Å². The van der Waals surface area contributed by atoms with Crippen molar-refractivity contribution in [1.82, 2.24) is 4.98 Å². The van der Waals surface area contributed by atoms with Crippen LogP contribution in [0.15, 0.2) is 28.7 Å². The standard InChI is InChI=1S/C15H14N4O4/c16-8-12-15(17-9-10-4-3-7-22-10)23-14(18-12)11-5-1-2-6-13(11)19(20)21/h1-2,5-6,10,17H,3-4,7,9H2. The molecule has 0 spiro atoms. The summed E-state index contributed by atoms with van der Waals surface area (Å²) in [7, 11) is 0. The van der Waals surface area contributed by atoms with Gasteiger partial charge in [0.15, 0.2) is 0 Å². The van der Waals surface area contributed by atoms with Gasteiger partial charge < -0.3 is 14.5 Å². The largest absolute Gasteiger partial charge is 0.419 e.